The Kier molecular flexibility index (Phi) is 4.12. The maximum absolute atomic E-state index is 10.6. The van der Waals surface area contributed by atoms with Crippen molar-refractivity contribution in [2.45, 2.75) is 12.5 Å². The Bertz CT molecular complexity index is 338. The van der Waals surface area contributed by atoms with Crippen LogP contribution in [0.5, 0.6) is 5.75 Å². The minimum absolute atomic E-state index is 0.0592. The first-order valence-electron chi connectivity index (χ1n) is 4.70. The Morgan fingerprint density at radius 2 is 2.33 bits per heavy atom. The van der Waals surface area contributed by atoms with Crippen LogP contribution in [0.25, 0.3) is 0 Å². The fourth-order valence-electron chi connectivity index (χ4n) is 1.42. The van der Waals surface area contributed by atoms with E-state index in [1.807, 2.05) is 24.3 Å². The van der Waals surface area contributed by atoms with Crippen molar-refractivity contribution in [2.24, 2.45) is 0 Å². The summed E-state index contributed by atoms with van der Waals surface area (Å²) in [7, 11) is 3.33. The van der Waals surface area contributed by atoms with E-state index in [1.54, 1.807) is 14.2 Å². The standard InChI is InChI=1S/C11H15NO3/c1-12-10(7-11(13)14)8-4-3-5-9(6-8)15-2/h3-6,10,12H,7H2,1-2H3,(H,13,14). The van der Waals surface area contributed by atoms with E-state index < -0.39 is 5.97 Å². The summed E-state index contributed by atoms with van der Waals surface area (Å²) < 4.78 is 5.08. The van der Waals surface area contributed by atoms with E-state index in [-0.39, 0.29) is 12.5 Å². The summed E-state index contributed by atoms with van der Waals surface area (Å²) in [4.78, 5) is 10.6. The molecular weight excluding hydrogens is 194 g/mol. The molecule has 1 aromatic carbocycles. The third-order valence-corrected chi connectivity index (χ3v) is 2.22. The molecule has 0 spiro atoms. The lowest BCUT2D eigenvalue weighted by Gasteiger charge is -2.14. The van der Waals surface area contributed by atoms with Crippen molar-refractivity contribution >= 4 is 5.97 Å². The summed E-state index contributed by atoms with van der Waals surface area (Å²) >= 11 is 0. The average molecular weight is 209 g/mol. The van der Waals surface area contributed by atoms with Gasteiger partial charge in [0.1, 0.15) is 5.75 Å². The summed E-state index contributed by atoms with van der Waals surface area (Å²) in [5.74, 6) is -0.0877. The highest BCUT2D eigenvalue weighted by Crippen LogP contribution is 2.21. The van der Waals surface area contributed by atoms with Gasteiger partial charge >= 0.3 is 5.97 Å². The van der Waals surface area contributed by atoms with Gasteiger partial charge in [-0.05, 0) is 24.7 Å². The molecule has 2 N–H and O–H groups in total. The summed E-state index contributed by atoms with van der Waals surface area (Å²) in [5.41, 5.74) is 0.916. The molecular formula is C11H15NO3. The van der Waals surface area contributed by atoms with Gasteiger partial charge in [0.15, 0.2) is 0 Å². The smallest absolute Gasteiger partial charge is 0.305 e. The molecule has 0 amide bonds. The van der Waals surface area contributed by atoms with Crippen LogP contribution in [0.2, 0.25) is 0 Å². The molecule has 15 heavy (non-hydrogen) atoms. The third kappa shape index (κ3) is 3.25. The van der Waals surface area contributed by atoms with E-state index in [0.717, 1.165) is 11.3 Å². The van der Waals surface area contributed by atoms with Gasteiger partial charge in [-0.1, -0.05) is 12.1 Å². The van der Waals surface area contributed by atoms with E-state index in [4.69, 9.17) is 9.84 Å². The van der Waals surface area contributed by atoms with Crippen molar-refractivity contribution in [3.63, 3.8) is 0 Å². The van der Waals surface area contributed by atoms with Gasteiger partial charge in [0, 0.05) is 6.04 Å². The first kappa shape index (κ1) is 11.5. The molecule has 1 aromatic rings. The number of hydrogen-bond donors (Lipinski definition) is 2. The zero-order valence-electron chi connectivity index (χ0n) is 8.86. The first-order valence-corrected chi connectivity index (χ1v) is 4.70. The van der Waals surface area contributed by atoms with Crippen LogP contribution in [0.4, 0.5) is 0 Å². The zero-order chi connectivity index (χ0) is 11.3. The molecule has 0 aliphatic carbocycles. The monoisotopic (exact) mass is 209 g/mol. The molecule has 0 heterocycles. The molecule has 4 nitrogen and oxygen atoms in total. The van der Waals surface area contributed by atoms with Gasteiger partial charge in [0.05, 0.1) is 13.5 Å². The van der Waals surface area contributed by atoms with E-state index >= 15 is 0 Å². The highest BCUT2D eigenvalue weighted by Gasteiger charge is 2.13. The maximum Gasteiger partial charge on any atom is 0.305 e. The first-order chi connectivity index (χ1) is 7.17. The van der Waals surface area contributed by atoms with E-state index in [9.17, 15) is 4.79 Å². The molecule has 0 radical (unpaired) electrons. The fraction of sp³-hybridized carbons (Fsp3) is 0.364. The van der Waals surface area contributed by atoms with Crippen molar-refractivity contribution in [2.75, 3.05) is 14.2 Å². The zero-order valence-corrected chi connectivity index (χ0v) is 8.86. The Labute approximate surface area is 88.9 Å². The highest BCUT2D eigenvalue weighted by molar-refractivity contribution is 5.68. The van der Waals surface area contributed by atoms with Crippen LogP contribution < -0.4 is 10.1 Å². The Hall–Kier alpha value is -1.55. The third-order valence-electron chi connectivity index (χ3n) is 2.22. The molecule has 0 aliphatic heterocycles. The molecule has 0 fully saturated rings. The lowest BCUT2D eigenvalue weighted by molar-refractivity contribution is -0.137. The summed E-state index contributed by atoms with van der Waals surface area (Å²) in [6.45, 7) is 0. The van der Waals surface area contributed by atoms with Crippen LogP contribution in [0, 0.1) is 0 Å². The number of ether oxygens (including phenoxy) is 1. The minimum atomic E-state index is -0.822. The fourth-order valence-corrected chi connectivity index (χ4v) is 1.42. The van der Waals surface area contributed by atoms with Crippen molar-refractivity contribution in [3.05, 3.63) is 29.8 Å². The lowest BCUT2D eigenvalue weighted by atomic mass is 10.0. The molecule has 1 atom stereocenters. The van der Waals surface area contributed by atoms with Crippen molar-refractivity contribution in [1.82, 2.24) is 5.32 Å². The molecule has 0 aliphatic rings. The lowest BCUT2D eigenvalue weighted by Crippen LogP contribution is -2.19. The second-order valence-electron chi connectivity index (χ2n) is 3.22. The molecule has 1 unspecified atom stereocenters. The number of methoxy groups -OCH3 is 1. The van der Waals surface area contributed by atoms with Gasteiger partial charge in [0.2, 0.25) is 0 Å². The number of nitrogens with one attached hydrogen (secondary N) is 1. The van der Waals surface area contributed by atoms with Crippen LogP contribution in [0.1, 0.15) is 18.0 Å². The second-order valence-corrected chi connectivity index (χ2v) is 3.22. The van der Waals surface area contributed by atoms with Crippen LogP contribution in [0.15, 0.2) is 24.3 Å². The largest absolute Gasteiger partial charge is 0.497 e. The van der Waals surface area contributed by atoms with E-state index in [0.29, 0.717) is 0 Å². The maximum atomic E-state index is 10.6. The molecule has 4 heteroatoms. The van der Waals surface area contributed by atoms with Gasteiger partial charge < -0.3 is 15.2 Å². The average Bonchev–Trinajstić information content (AvgIpc) is 2.25. The SMILES string of the molecule is CNC(CC(=O)O)c1cccc(OC)c1. The topological polar surface area (TPSA) is 58.6 Å². The van der Waals surface area contributed by atoms with Crippen molar-refractivity contribution < 1.29 is 14.6 Å². The molecule has 0 saturated heterocycles. The molecule has 0 saturated carbocycles. The number of carboxylic acids is 1. The Morgan fingerprint density at radius 1 is 1.60 bits per heavy atom. The molecule has 0 bridgehead atoms. The Balaban J connectivity index is 2.85. The van der Waals surface area contributed by atoms with E-state index in [2.05, 4.69) is 5.32 Å². The minimum Gasteiger partial charge on any atom is -0.497 e. The summed E-state index contributed by atoms with van der Waals surface area (Å²) in [6, 6.07) is 7.21. The second kappa shape index (κ2) is 5.36. The van der Waals surface area contributed by atoms with Gasteiger partial charge in [-0.15, -0.1) is 0 Å². The predicted octanol–water partition coefficient (Wildman–Crippen LogP) is 1.43. The predicted molar refractivity (Wildman–Crippen MR) is 57.0 cm³/mol. The number of benzene rings is 1. The summed E-state index contributed by atoms with van der Waals surface area (Å²) in [5, 5.41) is 11.7. The number of hydrogen-bond acceptors (Lipinski definition) is 3. The number of rotatable bonds is 5. The number of aliphatic carboxylic acids is 1. The quantitative estimate of drug-likeness (QED) is 0.770. The van der Waals surface area contributed by atoms with E-state index in [1.165, 1.54) is 0 Å². The van der Waals surface area contributed by atoms with Crippen LogP contribution in [0.3, 0.4) is 0 Å². The Morgan fingerprint density at radius 3 is 2.87 bits per heavy atom. The van der Waals surface area contributed by atoms with Gasteiger partial charge in [-0.3, -0.25) is 4.79 Å². The molecule has 1 rings (SSSR count). The van der Waals surface area contributed by atoms with Crippen LogP contribution >= 0.6 is 0 Å². The van der Waals surface area contributed by atoms with Crippen molar-refractivity contribution in [3.8, 4) is 5.75 Å². The normalized spacial score (nSPS) is 12.1. The van der Waals surface area contributed by atoms with Crippen LogP contribution in [-0.4, -0.2) is 25.2 Å². The number of carboxylic acid groups (broad SMARTS) is 1. The van der Waals surface area contributed by atoms with Gasteiger partial charge in [-0.2, -0.15) is 0 Å². The highest BCUT2D eigenvalue weighted by atomic mass is 16.5. The molecule has 0 aromatic heterocycles. The summed E-state index contributed by atoms with van der Waals surface area (Å²) in [6.07, 6.45) is 0.0592. The van der Waals surface area contributed by atoms with Crippen molar-refractivity contribution in [1.29, 1.82) is 0 Å². The van der Waals surface area contributed by atoms with Gasteiger partial charge in [-0.25, -0.2) is 0 Å². The van der Waals surface area contributed by atoms with Gasteiger partial charge in [0.25, 0.3) is 0 Å². The van der Waals surface area contributed by atoms with Crippen LogP contribution in [-0.2, 0) is 4.79 Å². The number of carbonyl (C=O) groups is 1. The molecule has 82 valence electrons.